The molecule has 0 aromatic carbocycles. The SMILES string of the molecule is CCN1CC[C@@H]2[C@H](C1)NC(=O)N2C. The van der Waals surface area contributed by atoms with Gasteiger partial charge in [0.25, 0.3) is 0 Å². The Morgan fingerprint density at radius 3 is 3.08 bits per heavy atom. The van der Waals surface area contributed by atoms with E-state index >= 15 is 0 Å². The summed E-state index contributed by atoms with van der Waals surface area (Å²) in [6.45, 7) is 5.39. The van der Waals surface area contributed by atoms with Crippen molar-refractivity contribution in [3.63, 3.8) is 0 Å². The van der Waals surface area contributed by atoms with Gasteiger partial charge in [-0.2, -0.15) is 0 Å². The van der Waals surface area contributed by atoms with Crippen molar-refractivity contribution in [2.24, 2.45) is 0 Å². The molecule has 0 aromatic rings. The van der Waals surface area contributed by atoms with E-state index in [2.05, 4.69) is 17.1 Å². The molecule has 2 saturated heterocycles. The second kappa shape index (κ2) is 3.18. The molecule has 1 N–H and O–H groups in total. The van der Waals surface area contributed by atoms with Crippen molar-refractivity contribution < 1.29 is 4.79 Å². The van der Waals surface area contributed by atoms with Gasteiger partial charge in [0, 0.05) is 20.1 Å². The van der Waals surface area contributed by atoms with Crippen LogP contribution in [0.1, 0.15) is 13.3 Å². The third-order valence-electron chi connectivity index (χ3n) is 3.23. The van der Waals surface area contributed by atoms with Gasteiger partial charge in [-0.25, -0.2) is 4.79 Å². The van der Waals surface area contributed by atoms with E-state index in [-0.39, 0.29) is 6.03 Å². The first-order chi connectivity index (χ1) is 6.22. The summed E-state index contributed by atoms with van der Waals surface area (Å²) < 4.78 is 0. The van der Waals surface area contributed by atoms with Gasteiger partial charge in [0.1, 0.15) is 0 Å². The minimum atomic E-state index is 0.0907. The molecule has 0 bridgehead atoms. The highest BCUT2D eigenvalue weighted by Crippen LogP contribution is 2.20. The first-order valence-corrected chi connectivity index (χ1v) is 4.98. The van der Waals surface area contributed by atoms with Crippen LogP contribution in [0.3, 0.4) is 0 Å². The van der Waals surface area contributed by atoms with Crippen LogP contribution in [0.25, 0.3) is 0 Å². The number of nitrogens with one attached hydrogen (secondary N) is 1. The summed E-state index contributed by atoms with van der Waals surface area (Å²) in [4.78, 5) is 15.6. The fourth-order valence-electron chi connectivity index (χ4n) is 2.31. The number of hydrogen-bond donors (Lipinski definition) is 1. The minimum absolute atomic E-state index is 0.0907. The van der Waals surface area contributed by atoms with Crippen LogP contribution in [0.4, 0.5) is 4.79 Å². The van der Waals surface area contributed by atoms with E-state index in [1.165, 1.54) is 0 Å². The number of fused-ring (bicyclic) bond motifs is 1. The van der Waals surface area contributed by atoms with Crippen molar-refractivity contribution in [3.8, 4) is 0 Å². The van der Waals surface area contributed by atoms with Crippen LogP contribution in [0.15, 0.2) is 0 Å². The maximum atomic E-state index is 11.3. The lowest BCUT2D eigenvalue weighted by Crippen LogP contribution is -2.50. The van der Waals surface area contributed by atoms with Crippen molar-refractivity contribution >= 4 is 6.03 Å². The van der Waals surface area contributed by atoms with Crippen LogP contribution in [0.5, 0.6) is 0 Å². The quantitative estimate of drug-likeness (QED) is 0.626. The molecule has 2 rings (SSSR count). The number of carbonyl (C=O) groups excluding carboxylic acids is 1. The first kappa shape index (κ1) is 8.81. The second-order valence-corrected chi connectivity index (χ2v) is 3.92. The smallest absolute Gasteiger partial charge is 0.317 e. The van der Waals surface area contributed by atoms with Crippen LogP contribution in [-0.2, 0) is 0 Å². The highest BCUT2D eigenvalue weighted by atomic mass is 16.2. The lowest BCUT2D eigenvalue weighted by molar-refractivity contribution is 0.158. The average Bonchev–Trinajstić information content (AvgIpc) is 2.42. The molecule has 2 amide bonds. The number of likely N-dealkylation sites (tertiary alicyclic amines) is 1. The maximum absolute atomic E-state index is 11.3. The van der Waals surface area contributed by atoms with E-state index in [0.717, 1.165) is 26.1 Å². The van der Waals surface area contributed by atoms with Gasteiger partial charge in [-0.1, -0.05) is 6.92 Å². The molecule has 2 aliphatic heterocycles. The topological polar surface area (TPSA) is 35.6 Å². The van der Waals surface area contributed by atoms with Gasteiger partial charge in [0.2, 0.25) is 0 Å². The Kier molecular flexibility index (Phi) is 2.15. The molecule has 13 heavy (non-hydrogen) atoms. The Hall–Kier alpha value is -0.770. The summed E-state index contributed by atoms with van der Waals surface area (Å²) in [6.07, 6.45) is 1.10. The number of nitrogens with zero attached hydrogens (tertiary/aromatic N) is 2. The molecule has 2 heterocycles. The van der Waals surface area contributed by atoms with Crippen LogP contribution in [0, 0.1) is 0 Å². The number of urea groups is 1. The van der Waals surface area contributed by atoms with Crippen LogP contribution >= 0.6 is 0 Å². The third-order valence-corrected chi connectivity index (χ3v) is 3.23. The maximum Gasteiger partial charge on any atom is 0.317 e. The van der Waals surface area contributed by atoms with Crippen molar-refractivity contribution in [1.82, 2.24) is 15.1 Å². The fourth-order valence-corrected chi connectivity index (χ4v) is 2.31. The molecule has 4 heteroatoms. The van der Waals surface area contributed by atoms with E-state index in [1.54, 1.807) is 0 Å². The van der Waals surface area contributed by atoms with Crippen LogP contribution in [0.2, 0.25) is 0 Å². The fraction of sp³-hybridized carbons (Fsp3) is 0.889. The van der Waals surface area contributed by atoms with E-state index in [0.29, 0.717) is 12.1 Å². The largest absolute Gasteiger partial charge is 0.332 e. The molecule has 2 atom stereocenters. The number of piperidine rings is 1. The van der Waals surface area contributed by atoms with Crippen molar-refractivity contribution in [2.75, 3.05) is 26.7 Å². The molecule has 2 fully saturated rings. The Bertz CT molecular complexity index is 219. The highest BCUT2D eigenvalue weighted by molar-refractivity contribution is 5.77. The zero-order chi connectivity index (χ0) is 9.42. The predicted molar refractivity (Wildman–Crippen MR) is 50.6 cm³/mol. The highest BCUT2D eigenvalue weighted by Gasteiger charge is 2.39. The normalized spacial score (nSPS) is 34.6. The monoisotopic (exact) mass is 183 g/mol. The Morgan fingerprint density at radius 2 is 2.38 bits per heavy atom. The van der Waals surface area contributed by atoms with Gasteiger partial charge in [0.05, 0.1) is 12.1 Å². The molecule has 4 nitrogen and oxygen atoms in total. The molecule has 0 spiro atoms. The van der Waals surface area contributed by atoms with Gasteiger partial charge >= 0.3 is 6.03 Å². The summed E-state index contributed by atoms with van der Waals surface area (Å²) >= 11 is 0. The zero-order valence-electron chi connectivity index (χ0n) is 8.29. The minimum Gasteiger partial charge on any atom is -0.332 e. The van der Waals surface area contributed by atoms with Crippen LogP contribution in [-0.4, -0.2) is 54.6 Å². The molecule has 2 aliphatic rings. The number of likely N-dealkylation sites (N-methyl/N-ethyl adjacent to an activating group) is 2. The van der Waals surface area contributed by atoms with E-state index in [1.807, 2.05) is 11.9 Å². The summed E-state index contributed by atoms with van der Waals surface area (Å²) in [5, 5.41) is 3.02. The van der Waals surface area contributed by atoms with E-state index in [9.17, 15) is 4.79 Å². The average molecular weight is 183 g/mol. The molecular weight excluding hydrogens is 166 g/mol. The molecule has 0 saturated carbocycles. The van der Waals surface area contributed by atoms with E-state index < -0.39 is 0 Å². The molecule has 0 radical (unpaired) electrons. The molecule has 0 unspecified atom stereocenters. The van der Waals surface area contributed by atoms with Gasteiger partial charge in [-0.05, 0) is 13.0 Å². The summed E-state index contributed by atoms with van der Waals surface area (Å²) in [7, 11) is 1.89. The summed E-state index contributed by atoms with van der Waals surface area (Å²) in [5.41, 5.74) is 0. The number of rotatable bonds is 1. The third kappa shape index (κ3) is 1.39. The Labute approximate surface area is 78.9 Å². The number of amides is 2. The first-order valence-electron chi connectivity index (χ1n) is 4.98. The lowest BCUT2D eigenvalue weighted by atomic mass is 10.0. The van der Waals surface area contributed by atoms with Gasteiger partial charge in [-0.3, -0.25) is 0 Å². The van der Waals surface area contributed by atoms with E-state index in [4.69, 9.17) is 0 Å². The number of hydrogen-bond acceptors (Lipinski definition) is 2. The molecule has 0 aliphatic carbocycles. The van der Waals surface area contributed by atoms with Gasteiger partial charge in [-0.15, -0.1) is 0 Å². The molecule has 0 aromatic heterocycles. The predicted octanol–water partition coefficient (Wildman–Crippen LogP) is 0.104. The second-order valence-electron chi connectivity index (χ2n) is 3.92. The van der Waals surface area contributed by atoms with Gasteiger partial charge in [0.15, 0.2) is 0 Å². The lowest BCUT2D eigenvalue weighted by Gasteiger charge is -2.35. The molecule has 74 valence electrons. The number of carbonyl (C=O) groups is 1. The summed E-state index contributed by atoms with van der Waals surface area (Å²) in [5.74, 6) is 0. The Balaban J connectivity index is 2.03. The van der Waals surface area contributed by atoms with Crippen molar-refractivity contribution in [1.29, 1.82) is 0 Å². The van der Waals surface area contributed by atoms with Crippen molar-refractivity contribution in [3.05, 3.63) is 0 Å². The zero-order valence-corrected chi connectivity index (χ0v) is 8.29. The van der Waals surface area contributed by atoms with Crippen molar-refractivity contribution in [2.45, 2.75) is 25.4 Å². The Morgan fingerprint density at radius 1 is 1.62 bits per heavy atom. The standard InChI is InChI=1S/C9H17N3O/c1-3-12-5-4-8-7(6-12)10-9(13)11(8)2/h7-8H,3-6H2,1-2H3,(H,10,13)/t7-,8+/m0/s1. The summed E-state index contributed by atoms with van der Waals surface area (Å²) in [6, 6.07) is 0.870. The van der Waals surface area contributed by atoms with Crippen LogP contribution < -0.4 is 5.32 Å². The van der Waals surface area contributed by atoms with Gasteiger partial charge < -0.3 is 15.1 Å². The molecular formula is C9H17N3O.